The van der Waals surface area contributed by atoms with Gasteiger partial charge in [0.15, 0.2) is 0 Å². The van der Waals surface area contributed by atoms with E-state index in [1.165, 1.54) is 15.8 Å². The number of ether oxygens (including phenoxy) is 1. The Bertz CT molecular complexity index is 751. The fourth-order valence-electron chi connectivity index (χ4n) is 2.97. The number of carbonyl (C=O) groups excluding carboxylic acids is 1. The summed E-state index contributed by atoms with van der Waals surface area (Å²) in [5, 5.41) is 1.17. The summed E-state index contributed by atoms with van der Waals surface area (Å²) >= 11 is 1.74. The van der Waals surface area contributed by atoms with Crippen molar-refractivity contribution >= 4 is 33.5 Å². The van der Waals surface area contributed by atoms with Crippen molar-refractivity contribution in [2.24, 2.45) is 0 Å². The molecular weight excluding hydrogens is 324 g/mol. The first-order valence-electron chi connectivity index (χ1n) is 8.48. The molecule has 1 aliphatic rings. The van der Waals surface area contributed by atoms with E-state index in [0.29, 0.717) is 19.7 Å². The number of hydrogen-bond acceptors (Lipinski definition) is 6. The van der Waals surface area contributed by atoms with Gasteiger partial charge in [-0.2, -0.15) is 0 Å². The number of fused-ring (bicyclic) bond motifs is 1. The number of carbonyl (C=O) groups is 1. The number of hydrogen-bond donors (Lipinski definition) is 0. The van der Waals surface area contributed by atoms with Gasteiger partial charge in [0.1, 0.15) is 16.5 Å². The van der Waals surface area contributed by atoms with E-state index in [-0.39, 0.29) is 6.09 Å². The minimum absolute atomic E-state index is 0.221. The lowest BCUT2D eigenvalue weighted by atomic mass is 10.2. The summed E-state index contributed by atoms with van der Waals surface area (Å²) < 4.78 is 5.10. The maximum atomic E-state index is 11.9. The van der Waals surface area contributed by atoms with Crippen molar-refractivity contribution in [3.63, 3.8) is 0 Å². The SMILES string of the molecule is CCOC(=O)N1CCN(c2nc(CC)nc3sc(C)c(C)c23)CC1. The average molecular weight is 348 g/mol. The summed E-state index contributed by atoms with van der Waals surface area (Å²) in [7, 11) is 0. The van der Waals surface area contributed by atoms with Gasteiger partial charge in [-0.05, 0) is 26.3 Å². The Balaban J connectivity index is 1.89. The fourth-order valence-corrected chi connectivity index (χ4v) is 4.02. The molecule has 1 fully saturated rings. The number of aromatic nitrogens is 2. The lowest BCUT2D eigenvalue weighted by molar-refractivity contribution is 0.105. The first kappa shape index (κ1) is 17.0. The van der Waals surface area contributed by atoms with Crippen LogP contribution < -0.4 is 4.90 Å². The van der Waals surface area contributed by atoms with Gasteiger partial charge in [0.05, 0.1) is 12.0 Å². The van der Waals surface area contributed by atoms with Crippen LogP contribution in [-0.4, -0.2) is 53.7 Å². The number of piperazine rings is 1. The standard InChI is InChI=1S/C17H24N4O2S/c1-5-13-18-15(14-11(3)12(4)24-16(14)19-13)20-7-9-21(10-8-20)17(22)23-6-2/h5-10H2,1-4H3. The third-order valence-electron chi connectivity index (χ3n) is 4.48. The van der Waals surface area contributed by atoms with Gasteiger partial charge in [-0.1, -0.05) is 6.92 Å². The summed E-state index contributed by atoms with van der Waals surface area (Å²) in [6.45, 7) is 11.5. The number of aryl methyl sites for hydroxylation is 3. The molecule has 0 saturated carbocycles. The van der Waals surface area contributed by atoms with E-state index in [1.54, 1.807) is 16.2 Å². The van der Waals surface area contributed by atoms with E-state index >= 15 is 0 Å². The molecule has 2 aromatic heterocycles. The molecule has 7 heteroatoms. The maximum absolute atomic E-state index is 11.9. The molecule has 0 spiro atoms. The molecular formula is C17H24N4O2S. The van der Waals surface area contributed by atoms with E-state index in [1.807, 2.05) is 6.92 Å². The smallest absolute Gasteiger partial charge is 0.409 e. The second-order valence-corrected chi connectivity index (χ2v) is 7.16. The van der Waals surface area contributed by atoms with Crippen LogP contribution in [0.2, 0.25) is 0 Å². The topological polar surface area (TPSA) is 58.6 Å². The average Bonchev–Trinajstić information content (AvgIpc) is 2.88. The van der Waals surface area contributed by atoms with Crippen LogP contribution in [0.1, 0.15) is 30.1 Å². The molecule has 3 rings (SSSR count). The molecule has 0 aromatic carbocycles. The minimum Gasteiger partial charge on any atom is -0.450 e. The van der Waals surface area contributed by atoms with E-state index in [2.05, 4.69) is 25.7 Å². The van der Waals surface area contributed by atoms with Crippen LogP contribution >= 0.6 is 11.3 Å². The van der Waals surface area contributed by atoms with Crippen LogP contribution in [0.3, 0.4) is 0 Å². The monoisotopic (exact) mass is 348 g/mol. The predicted molar refractivity (Wildman–Crippen MR) is 97.1 cm³/mol. The molecule has 0 bridgehead atoms. The molecule has 0 radical (unpaired) electrons. The zero-order valence-corrected chi connectivity index (χ0v) is 15.6. The van der Waals surface area contributed by atoms with Crippen LogP contribution in [0.25, 0.3) is 10.2 Å². The third kappa shape index (κ3) is 3.05. The van der Waals surface area contributed by atoms with Crippen LogP contribution in [0.15, 0.2) is 0 Å². The van der Waals surface area contributed by atoms with E-state index < -0.39 is 0 Å². The zero-order chi connectivity index (χ0) is 17.3. The Labute approximate surface area is 146 Å². The largest absolute Gasteiger partial charge is 0.450 e. The summed E-state index contributed by atoms with van der Waals surface area (Å²) in [6, 6.07) is 0. The van der Waals surface area contributed by atoms with Crippen molar-refractivity contribution in [3.05, 3.63) is 16.3 Å². The summed E-state index contributed by atoms with van der Waals surface area (Å²) in [6.07, 6.45) is 0.601. The molecule has 6 nitrogen and oxygen atoms in total. The normalized spacial score (nSPS) is 15.2. The highest BCUT2D eigenvalue weighted by Crippen LogP contribution is 2.35. The molecule has 130 valence electrons. The first-order valence-corrected chi connectivity index (χ1v) is 9.30. The molecule has 0 atom stereocenters. The number of anilines is 1. The molecule has 1 saturated heterocycles. The van der Waals surface area contributed by atoms with Crippen LogP contribution in [-0.2, 0) is 11.2 Å². The van der Waals surface area contributed by atoms with Gasteiger partial charge in [-0.15, -0.1) is 11.3 Å². The quantitative estimate of drug-likeness (QED) is 0.853. The minimum atomic E-state index is -0.221. The van der Waals surface area contributed by atoms with Crippen molar-refractivity contribution in [3.8, 4) is 0 Å². The molecule has 1 aliphatic heterocycles. The van der Waals surface area contributed by atoms with E-state index in [9.17, 15) is 4.79 Å². The van der Waals surface area contributed by atoms with Crippen molar-refractivity contribution in [2.45, 2.75) is 34.1 Å². The van der Waals surface area contributed by atoms with Gasteiger partial charge >= 0.3 is 6.09 Å². The van der Waals surface area contributed by atoms with Gasteiger partial charge in [-0.3, -0.25) is 0 Å². The predicted octanol–water partition coefficient (Wildman–Crippen LogP) is 3.15. The van der Waals surface area contributed by atoms with E-state index in [0.717, 1.165) is 36.0 Å². The van der Waals surface area contributed by atoms with E-state index in [4.69, 9.17) is 14.7 Å². The Morgan fingerprint density at radius 3 is 2.50 bits per heavy atom. The molecule has 1 amide bonds. The first-order chi connectivity index (χ1) is 11.5. The number of rotatable bonds is 3. The molecule has 24 heavy (non-hydrogen) atoms. The van der Waals surface area contributed by atoms with Crippen molar-refractivity contribution in [1.82, 2.24) is 14.9 Å². The van der Waals surface area contributed by atoms with Crippen LogP contribution in [0.5, 0.6) is 0 Å². The fraction of sp³-hybridized carbons (Fsp3) is 0.588. The molecule has 3 heterocycles. The van der Waals surface area contributed by atoms with Crippen molar-refractivity contribution < 1.29 is 9.53 Å². The van der Waals surface area contributed by atoms with Gasteiger partial charge in [0.25, 0.3) is 0 Å². The van der Waals surface area contributed by atoms with Gasteiger partial charge in [-0.25, -0.2) is 14.8 Å². The van der Waals surface area contributed by atoms with Crippen molar-refractivity contribution in [2.75, 3.05) is 37.7 Å². The van der Waals surface area contributed by atoms with Crippen LogP contribution in [0, 0.1) is 13.8 Å². The molecule has 0 unspecified atom stereocenters. The lowest BCUT2D eigenvalue weighted by Crippen LogP contribution is -2.49. The maximum Gasteiger partial charge on any atom is 0.409 e. The van der Waals surface area contributed by atoms with Gasteiger partial charge < -0.3 is 14.5 Å². The molecule has 2 aromatic rings. The Kier molecular flexibility index (Phi) is 4.89. The highest BCUT2D eigenvalue weighted by atomic mass is 32.1. The number of amides is 1. The highest BCUT2D eigenvalue weighted by Gasteiger charge is 2.25. The summed E-state index contributed by atoms with van der Waals surface area (Å²) in [4.78, 5) is 27.8. The zero-order valence-electron chi connectivity index (χ0n) is 14.8. The Hall–Kier alpha value is -1.89. The molecule has 0 aliphatic carbocycles. The summed E-state index contributed by atoms with van der Waals surface area (Å²) in [5.74, 6) is 1.90. The van der Waals surface area contributed by atoms with Crippen LogP contribution in [0.4, 0.5) is 10.6 Å². The van der Waals surface area contributed by atoms with Crippen molar-refractivity contribution in [1.29, 1.82) is 0 Å². The second kappa shape index (κ2) is 6.93. The lowest BCUT2D eigenvalue weighted by Gasteiger charge is -2.35. The number of nitrogens with zero attached hydrogens (tertiary/aromatic N) is 4. The molecule has 0 N–H and O–H groups in total. The highest BCUT2D eigenvalue weighted by molar-refractivity contribution is 7.18. The Morgan fingerprint density at radius 1 is 1.17 bits per heavy atom. The number of thiophene rings is 1. The van der Waals surface area contributed by atoms with Gasteiger partial charge in [0.2, 0.25) is 0 Å². The summed E-state index contributed by atoms with van der Waals surface area (Å²) in [5.41, 5.74) is 1.26. The van der Waals surface area contributed by atoms with Gasteiger partial charge in [0, 0.05) is 37.5 Å². The second-order valence-electron chi connectivity index (χ2n) is 5.95. The Morgan fingerprint density at radius 2 is 1.88 bits per heavy atom. The third-order valence-corrected chi connectivity index (χ3v) is 5.58.